The van der Waals surface area contributed by atoms with E-state index in [-0.39, 0.29) is 0 Å². The summed E-state index contributed by atoms with van der Waals surface area (Å²) in [7, 11) is 0. The van der Waals surface area contributed by atoms with Crippen molar-refractivity contribution in [2.24, 2.45) is 5.92 Å². The Kier molecular flexibility index (Phi) is 12.0. The third kappa shape index (κ3) is 9.65. The lowest BCUT2D eigenvalue weighted by atomic mass is 9.96. The van der Waals surface area contributed by atoms with Crippen molar-refractivity contribution in [1.29, 1.82) is 0 Å². The molecule has 3 unspecified atom stereocenters. The summed E-state index contributed by atoms with van der Waals surface area (Å²) in [5, 5.41) is 15.8. The molecule has 3 atom stereocenters. The van der Waals surface area contributed by atoms with Crippen LogP contribution in [0.1, 0.15) is 82.7 Å². The number of hydrogen-bond acceptors (Lipinski definition) is 5. The maximum Gasteiger partial charge on any atom is 0.408 e. The summed E-state index contributed by atoms with van der Waals surface area (Å²) in [5.74, 6) is 1.92. The third-order valence-electron chi connectivity index (χ3n) is 6.71. The first-order chi connectivity index (χ1) is 19.2. The highest BCUT2D eigenvalue weighted by molar-refractivity contribution is 6.00. The number of anilines is 1. The lowest BCUT2D eigenvalue weighted by Crippen LogP contribution is -2.56. The van der Waals surface area contributed by atoms with Crippen LogP contribution < -0.4 is 10.6 Å². The fourth-order valence-electron chi connectivity index (χ4n) is 4.53. The van der Waals surface area contributed by atoms with Crippen molar-refractivity contribution in [1.82, 2.24) is 10.2 Å². The molecule has 0 bridgehead atoms. The SMILES string of the molecule is C#Cc1ccc(C(C(=O)Nc2c(C)cccc2C)N(C(=O)C(CO)NC(=O)OC(C)(C)C)C(C)CCC(C)C)cc1. The van der Waals surface area contributed by atoms with Crippen LogP contribution in [-0.4, -0.2) is 52.2 Å². The largest absolute Gasteiger partial charge is 0.444 e. The average molecular weight is 564 g/mol. The van der Waals surface area contributed by atoms with E-state index in [1.165, 1.54) is 4.90 Å². The van der Waals surface area contributed by atoms with Crippen LogP contribution in [0.2, 0.25) is 0 Å². The van der Waals surface area contributed by atoms with E-state index in [2.05, 4.69) is 30.4 Å². The van der Waals surface area contributed by atoms with Gasteiger partial charge in [-0.05, 0) is 89.1 Å². The number of hydrogen-bond donors (Lipinski definition) is 3. The monoisotopic (exact) mass is 563 g/mol. The van der Waals surface area contributed by atoms with Crippen molar-refractivity contribution < 1.29 is 24.2 Å². The van der Waals surface area contributed by atoms with Crippen molar-refractivity contribution in [3.05, 3.63) is 64.7 Å². The van der Waals surface area contributed by atoms with E-state index >= 15 is 0 Å². The van der Waals surface area contributed by atoms with Gasteiger partial charge in [-0.25, -0.2) is 4.79 Å². The first kappa shape index (κ1) is 33.4. The predicted molar refractivity (Wildman–Crippen MR) is 162 cm³/mol. The third-order valence-corrected chi connectivity index (χ3v) is 6.71. The Hall–Kier alpha value is -3.83. The maximum absolute atomic E-state index is 14.2. The zero-order valence-electron chi connectivity index (χ0n) is 25.6. The molecule has 0 fully saturated rings. The van der Waals surface area contributed by atoms with E-state index in [4.69, 9.17) is 11.2 Å². The van der Waals surface area contributed by atoms with Crippen molar-refractivity contribution in [2.45, 2.75) is 92.0 Å². The van der Waals surface area contributed by atoms with Gasteiger partial charge in [0, 0.05) is 17.3 Å². The molecule has 222 valence electrons. The quantitative estimate of drug-likeness (QED) is 0.313. The van der Waals surface area contributed by atoms with Crippen molar-refractivity contribution in [3.63, 3.8) is 0 Å². The van der Waals surface area contributed by atoms with Crippen LogP contribution in [0.15, 0.2) is 42.5 Å². The summed E-state index contributed by atoms with van der Waals surface area (Å²) < 4.78 is 5.33. The smallest absolute Gasteiger partial charge is 0.408 e. The van der Waals surface area contributed by atoms with Gasteiger partial charge in [-0.1, -0.05) is 50.1 Å². The zero-order chi connectivity index (χ0) is 30.9. The molecule has 0 saturated carbocycles. The number of alkyl carbamates (subject to hydrolysis) is 1. The molecular weight excluding hydrogens is 518 g/mol. The fourth-order valence-corrected chi connectivity index (χ4v) is 4.53. The highest BCUT2D eigenvalue weighted by Gasteiger charge is 2.39. The number of terminal acetylenes is 1. The standard InChI is InChI=1S/C33H45N3O5/c1-10-25-16-18-26(19-17-25)29(30(38)35-28-22(4)12-11-13-23(28)5)36(24(6)15-14-21(2)3)31(39)27(20-37)34-32(40)41-33(7,8)9/h1,11-13,16-19,21,24,27,29,37H,14-15,20H2,2-9H3,(H,34,40)(H,35,38). The van der Waals surface area contributed by atoms with Crippen LogP contribution in [0.25, 0.3) is 0 Å². The van der Waals surface area contributed by atoms with E-state index in [1.54, 1.807) is 45.0 Å². The number of carbonyl (C=O) groups excluding carboxylic acids is 3. The molecule has 8 nitrogen and oxygen atoms in total. The molecule has 0 heterocycles. The number of amides is 3. The van der Waals surface area contributed by atoms with Crippen LogP contribution in [0.3, 0.4) is 0 Å². The van der Waals surface area contributed by atoms with Gasteiger partial charge in [0.15, 0.2) is 0 Å². The predicted octanol–water partition coefficient (Wildman–Crippen LogP) is 5.50. The molecule has 0 saturated heterocycles. The number of ether oxygens (including phenoxy) is 1. The summed E-state index contributed by atoms with van der Waals surface area (Å²) in [4.78, 5) is 42.4. The van der Waals surface area contributed by atoms with Crippen LogP contribution in [-0.2, 0) is 14.3 Å². The van der Waals surface area contributed by atoms with Gasteiger partial charge in [0.1, 0.15) is 17.7 Å². The van der Waals surface area contributed by atoms with Gasteiger partial charge in [0.2, 0.25) is 5.91 Å². The van der Waals surface area contributed by atoms with E-state index in [0.29, 0.717) is 29.2 Å². The fraction of sp³-hybridized carbons (Fsp3) is 0.485. The van der Waals surface area contributed by atoms with Crippen LogP contribution >= 0.6 is 0 Å². The maximum atomic E-state index is 14.2. The molecule has 0 aromatic heterocycles. The van der Waals surface area contributed by atoms with Gasteiger partial charge < -0.3 is 25.4 Å². The van der Waals surface area contributed by atoms with Crippen molar-refractivity contribution >= 4 is 23.6 Å². The second kappa shape index (κ2) is 14.7. The molecule has 3 N–H and O–H groups in total. The molecule has 3 amide bonds. The number of benzene rings is 2. The Labute approximate surface area is 244 Å². The molecule has 0 spiro atoms. The second-order valence-electron chi connectivity index (χ2n) is 11.9. The molecular formula is C33H45N3O5. The summed E-state index contributed by atoms with van der Waals surface area (Å²) >= 11 is 0. The lowest BCUT2D eigenvalue weighted by molar-refractivity contribution is -0.144. The topological polar surface area (TPSA) is 108 Å². The minimum Gasteiger partial charge on any atom is -0.444 e. The number of nitrogens with zero attached hydrogens (tertiary/aromatic N) is 1. The molecule has 8 heteroatoms. The molecule has 0 radical (unpaired) electrons. The number of para-hydroxylation sites is 1. The van der Waals surface area contributed by atoms with Crippen LogP contribution in [0.5, 0.6) is 0 Å². The minimum absolute atomic E-state index is 0.361. The van der Waals surface area contributed by atoms with Crippen LogP contribution in [0, 0.1) is 32.1 Å². The Morgan fingerprint density at radius 2 is 1.59 bits per heavy atom. The number of rotatable bonds is 11. The number of nitrogens with one attached hydrogen (secondary N) is 2. The Balaban J connectivity index is 2.63. The number of carbonyl (C=O) groups is 3. The second-order valence-corrected chi connectivity index (χ2v) is 11.9. The first-order valence-electron chi connectivity index (χ1n) is 14.0. The van der Waals surface area contributed by atoms with E-state index in [9.17, 15) is 19.5 Å². The summed E-state index contributed by atoms with van der Waals surface area (Å²) in [5.41, 5.74) is 2.80. The lowest BCUT2D eigenvalue weighted by Gasteiger charge is -2.38. The highest BCUT2D eigenvalue weighted by Crippen LogP contribution is 2.30. The summed E-state index contributed by atoms with van der Waals surface area (Å²) in [6.07, 6.45) is 6.13. The molecule has 2 aromatic rings. The van der Waals surface area contributed by atoms with Gasteiger partial charge in [-0.2, -0.15) is 0 Å². The van der Waals surface area contributed by atoms with Gasteiger partial charge in [0.25, 0.3) is 5.91 Å². The van der Waals surface area contributed by atoms with E-state index in [1.807, 2.05) is 39.0 Å². The number of aliphatic hydroxyl groups excluding tert-OH is 1. The normalized spacial score (nSPS) is 13.5. The highest BCUT2D eigenvalue weighted by atomic mass is 16.6. The molecule has 2 rings (SSSR count). The number of aryl methyl sites for hydroxylation is 2. The first-order valence-corrected chi connectivity index (χ1v) is 14.0. The van der Waals surface area contributed by atoms with Crippen LogP contribution in [0.4, 0.5) is 10.5 Å². The van der Waals surface area contributed by atoms with Gasteiger partial charge in [-0.15, -0.1) is 6.42 Å². The zero-order valence-corrected chi connectivity index (χ0v) is 25.6. The van der Waals surface area contributed by atoms with Crippen molar-refractivity contribution in [2.75, 3.05) is 11.9 Å². The molecule has 0 aliphatic heterocycles. The van der Waals surface area contributed by atoms with Gasteiger partial charge >= 0.3 is 6.09 Å². The average Bonchev–Trinajstić information content (AvgIpc) is 2.89. The molecule has 0 aliphatic carbocycles. The van der Waals surface area contributed by atoms with E-state index in [0.717, 1.165) is 17.5 Å². The van der Waals surface area contributed by atoms with Gasteiger partial charge in [0.05, 0.1) is 6.61 Å². The number of aliphatic hydroxyl groups is 1. The molecule has 2 aromatic carbocycles. The summed E-state index contributed by atoms with van der Waals surface area (Å²) in [6, 6.07) is 9.80. The van der Waals surface area contributed by atoms with Crippen molar-refractivity contribution in [3.8, 4) is 12.3 Å². The van der Waals surface area contributed by atoms with E-state index < -0.39 is 48.2 Å². The Bertz CT molecular complexity index is 1220. The Morgan fingerprint density at radius 1 is 1.00 bits per heavy atom. The Morgan fingerprint density at radius 3 is 2.07 bits per heavy atom. The molecule has 41 heavy (non-hydrogen) atoms. The minimum atomic E-state index is -1.33. The molecule has 0 aliphatic rings. The van der Waals surface area contributed by atoms with Gasteiger partial charge in [-0.3, -0.25) is 9.59 Å². The summed E-state index contributed by atoms with van der Waals surface area (Å²) in [6.45, 7) is 14.3.